The molecule has 1 fully saturated rings. The Kier molecular flexibility index (Phi) is 7.03. The first-order chi connectivity index (χ1) is 11.6. The first-order valence-electron chi connectivity index (χ1n) is 8.03. The van der Waals surface area contributed by atoms with E-state index in [1.54, 1.807) is 18.3 Å². The van der Waals surface area contributed by atoms with Gasteiger partial charge in [-0.2, -0.15) is 0 Å². The predicted molar refractivity (Wildman–Crippen MR) is 114 cm³/mol. The summed E-state index contributed by atoms with van der Waals surface area (Å²) >= 11 is 1.65. The van der Waals surface area contributed by atoms with E-state index in [-0.39, 0.29) is 30.5 Å². The normalized spacial score (nSPS) is 17.8. The quantitative estimate of drug-likeness (QED) is 0.404. The number of nitrogens with zero attached hydrogens (tertiary/aromatic N) is 4. The molecule has 1 unspecified atom stereocenters. The van der Waals surface area contributed by atoms with Gasteiger partial charge in [0, 0.05) is 37.8 Å². The minimum Gasteiger partial charge on any atom is -0.384 e. The van der Waals surface area contributed by atoms with Crippen LogP contribution in [0.2, 0.25) is 0 Å². The van der Waals surface area contributed by atoms with Crippen molar-refractivity contribution in [3.8, 4) is 0 Å². The second-order valence-electron chi connectivity index (χ2n) is 6.10. The third-order valence-corrected chi connectivity index (χ3v) is 5.07. The standard InChI is InChI=1S/C17H23N5OS.HI/c1-17(23,14-5-3-2-4-6-14)13-20-15(18)21-8-10-22(11-9-21)16-19-7-12-24-16;/h2-7,12,23H,8-11,13H2,1H3,(H2,18,20);1H. The Morgan fingerprint density at radius 3 is 2.56 bits per heavy atom. The van der Waals surface area contributed by atoms with E-state index < -0.39 is 5.60 Å². The summed E-state index contributed by atoms with van der Waals surface area (Å²) in [7, 11) is 0. The van der Waals surface area contributed by atoms with Crippen LogP contribution < -0.4 is 10.6 Å². The van der Waals surface area contributed by atoms with Crippen molar-refractivity contribution in [2.24, 2.45) is 10.7 Å². The van der Waals surface area contributed by atoms with Crippen molar-refractivity contribution in [1.82, 2.24) is 9.88 Å². The molecule has 1 saturated heterocycles. The lowest BCUT2D eigenvalue weighted by Crippen LogP contribution is -2.51. The number of nitrogens with two attached hydrogens (primary N) is 1. The molecule has 2 heterocycles. The summed E-state index contributed by atoms with van der Waals surface area (Å²) in [6.45, 7) is 5.37. The van der Waals surface area contributed by atoms with Crippen molar-refractivity contribution in [1.29, 1.82) is 0 Å². The van der Waals surface area contributed by atoms with Gasteiger partial charge in [-0.25, -0.2) is 9.98 Å². The Balaban J connectivity index is 0.00000225. The molecule has 0 bridgehead atoms. The number of aliphatic hydroxyl groups is 1. The van der Waals surface area contributed by atoms with Crippen LogP contribution in [0.15, 0.2) is 46.9 Å². The Bertz CT molecular complexity index is 670. The maximum absolute atomic E-state index is 10.6. The van der Waals surface area contributed by atoms with Crippen molar-refractivity contribution in [3.05, 3.63) is 47.5 Å². The van der Waals surface area contributed by atoms with E-state index >= 15 is 0 Å². The molecule has 1 atom stereocenters. The van der Waals surface area contributed by atoms with Crippen molar-refractivity contribution < 1.29 is 5.11 Å². The molecule has 25 heavy (non-hydrogen) atoms. The van der Waals surface area contributed by atoms with Crippen molar-refractivity contribution >= 4 is 46.4 Å². The maximum atomic E-state index is 10.6. The summed E-state index contributed by atoms with van der Waals surface area (Å²) in [4.78, 5) is 13.1. The number of thiazole rings is 1. The number of hydrogen-bond donors (Lipinski definition) is 2. The highest BCUT2D eigenvalue weighted by Gasteiger charge is 2.24. The van der Waals surface area contributed by atoms with Gasteiger partial charge in [0.1, 0.15) is 5.60 Å². The predicted octanol–water partition coefficient (Wildman–Crippen LogP) is 2.11. The molecule has 1 aliphatic heterocycles. The average molecular weight is 473 g/mol. The van der Waals surface area contributed by atoms with Crippen molar-refractivity contribution in [2.75, 3.05) is 37.6 Å². The van der Waals surface area contributed by atoms with E-state index in [1.807, 2.05) is 41.9 Å². The number of guanidine groups is 1. The molecular formula is C17H24IN5OS. The molecule has 136 valence electrons. The van der Waals surface area contributed by atoms with E-state index in [4.69, 9.17) is 5.73 Å². The minimum absolute atomic E-state index is 0. The van der Waals surface area contributed by atoms with Crippen LogP contribution in [-0.4, -0.2) is 53.7 Å². The van der Waals surface area contributed by atoms with Gasteiger partial charge in [-0.1, -0.05) is 30.3 Å². The molecule has 0 spiro atoms. The van der Waals surface area contributed by atoms with Crippen LogP contribution >= 0.6 is 35.3 Å². The molecule has 0 radical (unpaired) electrons. The van der Waals surface area contributed by atoms with E-state index in [0.717, 1.165) is 36.9 Å². The lowest BCUT2D eigenvalue weighted by molar-refractivity contribution is 0.0670. The van der Waals surface area contributed by atoms with Gasteiger partial charge >= 0.3 is 0 Å². The number of aromatic nitrogens is 1. The summed E-state index contributed by atoms with van der Waals surface area (Å²) in [6, 6.07) is 9.56. The zero-order valence-electron chi connectivity index (χ0n) is 14.2. The Morgan fingerprint density at radius 2 is 1.96 bits per heavy atom. The molecule has 8 heteroatoms. The fraction of sp³-hybridized carbons (Fsp3) is 0.412. The second-order valence-corrected chi connectivity index (χ2v) is 6.98. The molecule has 3 rings (SSSR count). The SMILES string of the molecule is CC(O)(CN=C(N)N1CCN(c2nccs2)CC1)c1ccccc1.I. The molecule has 1 aromatic heterocycles. The van der Waals surface area contributed by atoms with Gasteiger partial charge in [-0.15, -0.1) is 35.3 Å². The van der Waals surface area contributed by atoms with E-state index in [9.17, 15) is 5.11 Å². The lowest BCUT2D eigenvalue weighted by atomic mass is 9.96. The molecular weight excluding hydrogens is 449 g/mol. The smallest absolute Gasteiger partial charge is 0.191 e. The minimum atomic E-state index is -1.02. The first-order valence-corrected chi connectivity index (χ1v) is 8.91. The zero-order valence-corrected chi connectivity index (χ0v) is 17.4. The zero-order chi connectivity index (χ0) is 17.0. The highest BCUT2D eigenvalue weighted by atomic mass is 127. The Labute approximate surface area is 169 Å². The highest BCUT2D eigenvalue weighted by Crippen LogP contribution is 2.21. The number of rotatable bonds is 4. The van der Waals surface area contributed by atoms with Crippen LogP contribution in [0.4, 0.5) is 5.13 Å². The summed E-state index contributed by atoms with van der Waals surface area (Å²) in [5.41, 5.74) is 5.95. The number of anilines is 1. The monoisotopic (exact) mass is 473 g/mol. The van der Waals surface area contributed by atoms with Gasteiger partial charge in [0.25, 0.3) is 0 Å². The van der Waals surface area contributed by atoms with Gasteiger partial charge in [0.15, 0.2) is 11.1 Å². The number of aliphatic imine (C=N–C) groups is 1. The van der Waals surface area contributed by atoms with Crippen molar-refractivity contribution in [2.45, 2.75) is 12.5 Å². The fourth-order valence-corrected chi connectivity index (χ4v) is 3.42. The van der Waals surface area contributed by atoms with Crippen LogP contribution in [0.5, 0.6) is 0 Å². The first kappa shape index (κ1) is 19.9. The molecule has 6 nitrogen and oxygen atoms in total. The van der Waals surface area contributed by atoms with Gasteiger partial charge in [0.05, 0.1) is 6.54 Å². The number of halogens is 1. The van der Waals surface area contributed by atoms with Crippen LogP contribution in [0.25, 0.3) is 0 Å². The molecule has 1 aliphatic rings. The van der Waals surface area contributed by atoms with E-state index in [0.29, 0.717) is 5.96 Å². The number of hydrogen-bond acceptors (Lipinski definition) is 5. The largest absolute Gasteiger partial charge is 0.384 e. The van der Waals surface area contributed by atoms with E-state index in [2.05, 4.69) is 19.8 Å². The molecule has 3 N–H and O–H groups in total. The van der Waals surface area contributed by atoms with Gasteiger partial charge in [-0.05, 0) is 12.5 Å². The summed E-state index contributed by atoms with van der Waals surface area (Å²) in [5, 5.41) is 13.6. The third-order valence-electron chi connectivity index (χ3n) is 4.24. The second kappa shape index (κ2) is 8.81. The summed E-state index contributed by atoms with van der Waals surface area (Å²) < 4.78 is 0. The average Bonchev–Trinajstić information content (AvgIpc) is 3.15. The Morgan fingerprint density at radius 1 is 1.28 bits per heavy atom. The van der Waals surface area contributed by atoms with E-state index in [1.165, 1.54) is 0 Å². The molecule has 0 aliphatic carbocycles. The highest BCUT2D eigenvalue weighted by molar-refractivity contribution is 14.0. The molecule has 0 saturated carbocycles. The Hall–Kier alpha value is -1.39. The number of piperazine rings is 1. The van der Waals surface area contributed by atoms with Crippen LogP contribution in [0.1, 0.15) is 12.5 Å². The maximum Gasteiger partial charge on any atom is 0.191 e. The summed E-state index contributed by atoms with van der Waals surface area (Å²) in [6.07, 6.45) is 1.83. The number of benzene rings is 1. The van der Waals surface area contributed by atoms with Crippen LogP contribution in [0, 0.1) is 0 Å². The van der Waals surface area contributed by atoms with Crippen LogP contribution in [-0.2, 0) is 5.60 Å². The van der Waals surface area contributed by atoms with Crippen molar-refractivity contribution in [3.63, 3.8) is 0 Å². The topological polar surface area (TPSA) is 78.0 Å². The summed E-state index contributed by atoms with van der Waals surface area (Å²) in [5.74, 6) is 0.491. The van der Waals surface area contributed by atoms with Gasteiger partial charge in [0.2, 0.25) is 0 Å². The molecule has 2 aromatic rings. The van der Waals surface area contributed by atoms with Gasteiger partial charge < -0.3 is 20.6 Å². The third kappa shape index (κ3) is 5.05. The fourth-order valence-electron chi connectivity index (χ4n) is 2.72. The van der Waals surface area contributed by atoms with Gasteiger partial charge in [-0.3, -0.25) is 0 Å². The van der Waals surface area contributed by atoms with Crippen LogP contribution in [0.3, 0.4) is 0 Å². The molecule has 0 amide bonds. The lowest BCUT2D eigenvalue weighted by Gasteiger charge is -2.35. The molecule has 1 aromatic carbocycles.